The summed E-state index contributed by atoms with van der Waals surface area (Å²) in [5, 5.41) is 21.4. The van der Waals surface area contributed by atoms with E-state index >= 15 is 0 Å². The van der Waals surface area contributed by atoms with Crippen molar-refractivity contribution >= 4 is 70.0 Å². The Kier molecular flexibility index (Phi) is 15.8. The molecule has 2 aromatic heterocycles. The molecule has 0 spiro atoms. The van der Waals surface area contributed by atoms with Crippen molar-refractivity contribution in [2.24, 2.45) is 4.99 Å². The SMILES string of the molecule is CCO.O=S(=O)([O-])CCN=Cc1cc(Br)cc(Br)c1[O-].[Ni+2].[OH3+].c1cnc2c(c1)ccc1cccnc12. The maximum atomic E-state index is 11.6. The molecule has 2 aromatic carbocycles. The average Bonchev–Trinajstić information content (AvgIpc) is 2.80. The molecule has 196 valence electrons. The molecule has 0 aliphatic heterocycles. The number of aliphatic imine (C=N–C) groups is 1. The summed E-state index contributed by atoms with van der Waals surface area (Å²) in [4.78, 5) is 12.4. The van der Waals surface area contributed by atoms with Crippen LogP contribution in [-0.2, 0) is 32.1 Å². The van der Waals surface area contributed by atoms with E-state index in [2.05, 4.69) is 71.1 Å². The van der Waals surface area contributed by atoms with Gasteiger partial charge in [0.2, 0.25) is 0 Å². The summed E-state index contributed by atoms with van der Waals surface area (Å²) in [6.45, 7) is 1.77. The van der Waals surface area contributed by atoms with Crippen molar-refractivity contribution in [2.45, 2.75) is 6.92 Å². The summed E-state index contributed by atoms with van der Waals surface area (Å²) < 4.78 is 32.0. The first-order valence-electron chi connectivity index (χ1n) is 9.95. The third-order valence-electron chi connectivity index (χ3n) is 4.08. The number of aromatic nitrogens is 2. The van der Waals surface area contributed by atoms with E-state index in [0.29, 0.717) is 14.5 Å². The molecule has 4 rings (SSSR count). The second-order valence-corrected chi connectivity index (χ2v) is 9.93. The van der Waals surface area contributed by atoms with E-state index < -0.39 is 15.9 Å². The van der Waals surface area contributed by atoms with Gasteiger partial charge in [-0.15, -0.1) is 0 Å². The van der Waals surface area contributed by atoms with Crippen LogP contribution in [0.3, 0.4) is 0 Å². The molecule has 0 saturated heterocycles. The number of benzene rings is 2. The number of nitrogens with zero attached hydrogens (tertiary/aromatic N) is 3. The van der Waals surface area contributed by atoms with E-state index in [-0.39, 0.29) is 40.9 Å². The zero-order chi connectivity index (χ0) is 25.1. The monoisotopic (exact) mass is 686 g/mol. The number of halogens is 2. The van der Waals surface area contributed by atoms with E-state index in [4.69, 9.17) is 5.11 Å². The first-order chi connectivity index (χ1) is 16.2. The molecule has 0 unspecified atom stereocenters. The van der Waals surface area contributed by atoms with Gasteiger partial charge in [0.25, 0.3) is 0 Å². The molecule has 0 bridgehead atoms. The van der Waals surface area contributed by atoms with Crippen LogP contribution in [0, 0.1) is 0 Å². The molecule has 0 atom stereocenters. The van der Waals surface area contributed by atoms with Gasteiger partial charge in [-0.3, -0.25) is 15.0 Å². The standard InChI is InChI=1S/C12H8N2.C9H9Br2NO4S.C2H6O.Ni.H2O/c1-3-9-5-6-10-4-2-8-14-12(10)11(9)13-7-1;10-7-3-6(9(13)8(11)4-7)5-12-1-2-17(14,15)16;1-2-3;;/h1-8H;3-5,13H,1-2H2,(H,14,15,16);3H,2H2,1H3;;1H2/q;;;+2;/p-1. The predicted octanol–water partition coefficient (Wildman–Crippen LogP) is 3.11. The fraction of sp³-hybridized carbons (Fsp3) is 0.174. The molecular weight excluding hydrogens is 665 g/mol. The van der Waals surface area contributed by atoms with Crippen molar-refractivity contribution in [3.05, 3.63) is 75.4 Å². The third kappa shape index (κ3) is 11.0. The normalized spacial score (nSPS) is 10.5. The molecule has 0 aliphatic rings. The van der Waals surface area contributed by atoms with Gasteiger partial charge >= 0.3 is 16.5 Å². The summed E-state index contributed by atoms with van der Waals surface area (Å²) in [5.41, 5.74) is 2.27. The van der Waals surface area contributed by atoms with Crippen molar-refractivity contribution in [2.75, 3.05) is 18.9 Å². The molecule has 4 N–H and O–H groups in total. The van der Waals surface area contributed by atoms with Crippen molar-refractivity contribution in [1.29, 1.82) is 0 Å². The molecule has 9 nitrogen and oxygen atoms in total. The minimum Gasteiger partial charge on any atom is -0.871 e. The second kappa shape index (κ2) is 16.7. The molecule has 0 aliphatic carbocycles. The molecular formula is C23H24Br2N3NiO6S+. The number of rotatable bonds is 4. The van der Waals surface area contributed by atoms with Crippen LogP contribution in [0.2, 0.25) is 0 Å². The quantitative estimate of drug-likeness (QED) is 0.113. The van der Waals surface area contributed by atoms with Crippen LogP contribution < -0.4 is 5.11 Å². The fourth-order valence-electron chi connectivity index (χ4n) is 2.68. The average molecular weight is 689 g/mol. The molecule has 2 heterocycles. The summed E-state index contributed by atoms with van der Waals surface area (Å²) in [6.07, 6.45) is 4.86. The van der Waals surface area contributed by atoms with Crippen molar-refractivity contribution < 1.29 is 45.2 Å². The summed E-state index contributed by atoms with van der Waals surface area (Å²) in [5.74, 6) is -0.825. The Balaban J connectivity index is 0.000000589. The van der Waals surface area contributed by atoms with Gasteiger partial charge in [-0.05, 0) is 36.8 Å². The van der Waals surface area contributed by atoms with Crippen LogP contribution >= 0.6 is 31.9 Å². The van der Waals surface area contributed by atoms with Gasteiger partial charge in [0.15, 0.2) is 0 Å². The first-order valence-corrected chi connectivity index (χ1v) is 13.1. The third-order valence-corrected chi connectivity index (χ3v) is 5.81. The van der Waals surface area contributed by atoms with Crippen LogP contribution in [0.5, 0.6) is 5.75 Å². The number of fused-ring (bicyclic) bond motifs is 3. The molecule has 0 fully saturated rings. The summed E-state index contributed by atoms with van der Waals surface area (Å²) >= 11 is 6.30. The molecule has 4 aromatic rings. The number of aliphatic hydroxyl groups excluding tert-OH is 1. The van der Waals surface area contributed by atoms with Crippen LogP contribution in [0.25, 0.3) is 21.8 Å². The topological polar surface area (TPSA) is 172 Å². The minimum atomic E-state index is -4.27. The van der Waals surface area contributed by atoms with Crippen LogP contribution in [0.4, 0.5) is 0 Å². The second-order valence-electron chi connectivity index (χ2n) is 6.64. The van der Waals surface area contributed by atoms with Gasteiger partial charge in [0.1, 0.15) is 0 Å². The Morgan fingerprint density at radius 3 is 2.00 bits per heavy atom. The molecule has 36 heavy (non-hydrogen) atoms. The predicted molar refractivity (Wildman–Crippen MR) is 143 cm³/mol. The first kappa shape index (κ1) is 34.0. The molecule has 0 amide bonds. The number of aliphatic hydroxyl groups is 1. The van der Waals surface area contributed by atoms with Gasteiger partial charge < -0.3 is 20.2 Å². The Bertz CT molecular complexity index is 1340. The van der Waals surface area contributed by atoms with Gasteiger partial charge in [0.05, 0.1) is 33.4 Å². The van der Waals surface area contributed by atoms with Gasteiger partial charge in [-0.25, -0.2) is 8.42 Å². The zero-order valence-corrected chi connectivity index (χ0v) is 23.9. The fourth-order valence-corrected chi connectivity index (χ4v) is 4.27. The summed E-state index contributed by atoms with van der Waals surface area (Å²) in [7, 11) is -4.27. The van der Waals surface area contributed by atoms with Crippen molar-refractivity contribution in [3.63, 3.8) is 0 Å². The Hall–Kier alpha value is -1.99. The van der Waals surface area contributed by atoms with Gasteiger partial charge in [-0.2, -0.15) is 0 Å². The van der Waals surface area contributed by atoms with Crippen LogP contribution in [-0.4, -0.2) is 53.2 Å². The largest absolute Gasteiger partial charge is 2.00 e. The Morgan fingerprint density at radius 1 is 1.03 bits per heavy atom. The van der Waals surface area contributed by atoms with E-state index in [1.165, 1.54) is 6.21 Å². The van der Waals surface area contributed by atoms with Gasteiger partial charge in [0, 0.05) is 44.9 Å². The molecule has 0 radical (unpaired) electrons. The summed E-state index contributed by atoms with van der Waals surface area (Å²) in [6, 6.07) is 15.3. The van der Waals surface area contributed by atoms with E-state index in [0.717, 1.165) is 21.8 Å². The van der Waals surface area contributed by atoms with E-state index in [9.17, 15) is 18.1 Å². The number of hydrogen-bond donors (Lipinski definition) is 1. The maximum absolute atomic E-state index is 11.6. The molecule has 13 heteroatoms. The number of pyridine rings is 2. The van der Waals surface area contributed by atoms with Crippen molar-refractivity contribution in [1.82, 2.24) is 9.97 Å². The Labute approximate surface area is 236 Å². The maximum Gasteiger partial charge on any atom is 2.00 e. The Morgan fingerprint density at radius 2 is 1.53 bits per heavy atom. The minimum absolute atomic E-state index is 0. The zero-order valence-electron chi connectivity index (χ0n) is 19.0. The molecule has 0 saturated carbocycles. The number of hydrogen-bond acceptors (Lipinski definition) is 8. The van der Waals surface area contributed by atoms with Crippen LogP contribution in [0.15, 0.2) is 74.9 Å². The van der Waals surface area contributed by atoms with E-state index in [1.807, 2.05) is 12.1 Å². The van der Waals surface area contributed by atoms with Crippen LogP contribution in [0.1, 0.15) is 12.5 Å². The smallest absolute Gasteiger partial charge is 0.871 e. The van der Waals surface area contributed by atoms with Gasteiger partial charge in [-0.1, -0.05) is 61.9 Å². The van der Waals surface area contributed by atoms with Crippen molar-refractivity contribution in [3.8, 4) is 5.75 Å². The van der Waals surface area contributed by atoms with E-state index in [1.54, 1.807) is 31.5 Å².